The number of ether oxygens (including phenoxy) is 1. The zero-order valence-electron chi connectivity index (χ0n) is 9.38. The van der Waals surface area contributed by atoms with E-state index >= 15 is 0 Å². The smallest absolute Gasteiger partial charge is 0.407 e. The standard InChI is InChI=1S/C11H21NO2/c1-4-14-11(13)12-10-6-5-8(2)9(3)7-10/h8-10H,4-7H2,1-3H3,(H,12,13). The lowest BCUT2D eigenvalue weighted by molar-refractivity contribution is 0.138. The Bertz CT molecular complexity index is 194. The highest BCUT2D eigenvalue weighted by molar-refractivity contribution is 5.67. The van der Waals surface area contributed by atoms with E-state index in [1.807, 2.05) is 6.92 Å². The fourth-order valence-corrected chi connectivity index (χ4v) is 2.02. The van der Waals surface area contributed by atoms with E-state index in [2.05, 4.69) is 19.2 Å². The topological polar surface area (TPSA) is 38.3 Å². The third-order valence-electron chi connectivity index (χ3n) is 3.20. The highest BCUT2D eigenvalue weighted by Gasteiger charge is 2.25. The van der Waals surface area contributed by atoms with Crippen LogP contribution in [0.4, 0.5) is 4.79 Å². The summed E-state index contributed by atoms with van der Waals surface area (Å²) in [7, 11) is 0. The van der Waals surface area contributed by atoms with Crippen LogP contribution in [0.15, 0.2) is 0 Å². The molecule has 3 atom stereocenters. The molecule has 0 bridgehead atoms. The summed E-state index contributed by atoms with van der Waals surface area (Å²) in [5.74, 6) is 1.49. The van der Waals surface area contributed by atoms with Crippen molar-refractivity contribution in [3.8, 4) is 0 Å². The zero-order chi connectivity index (χ0) is 10.6. The molecular formula is C11H21NO2. The Hall–Kier alpha value is -0.730. The molecule has 0 aromatic carbocycles. The predicted octanol–water partition coefficient (Wildman–Crippen LogP) is 2.56. The molecular weight excluding hydrogens is 178 g/mol. The maximum atomic E-state index is 11.2. The van der Waals surface area contributed by atoms with Gasteiger partial charge in [-0.15, -0.1) is 0 Å². The van der Waals surface area contributed by atoms with E-state index < -0.39 is 0 Å². The average Bonchev–Trinajstić information content (AvgIpc) is 2.12. The molecule has 1 rings (SSSR count). The van der Waals surface area contributed by atoms with E-state index in [-0.39, 0.29) is 6.09 Å². The third kappa shape index (κ3) is 3.20. The lowest BCUT2D eigenvalue weighted by atomic mass is 9.79. The fourth-order valence-electron chi connectivity index (χ4n) is 2.02. The minimum Gasteiger partial charge on any atom is -0.450 e. The maximum Gasteiger partial charge on any atom is 0.407 e. The van der Waals surface area contributed by atoms with Gasteiger partial charge in [0.05, 0.1) is 6.61 Å². The predicted molar refractivity (Wildman–Crippen MR) is 56.1 cm³/mol. The van der Waals surface area contributed by atoms with Crippen LogP contribution in [0, 0.1) is 11.8 Å². The number of amides is 1. The second-order valence-electron chi connectivity index (χ2n) is 4.33. The van der Waals surface area contributed by atoms with Crippen LogP contribution in [0.3, 0.4) is 0 Å². The summed E-state index contributed by atoms with van der Waals surface area (Å²) >= 11 is 0. The highest BCUT2D eigenvalue weighted by Crippen LogP contribution is 2.29. The molecule has 1 aliphatic rings. The van der Waals surface area contributed by atoms with Gasteiger partial charge in [0, 0.05) is 6.04 Å². The Labute approximate surface area is 86.2 Å². The van der Waals surface area contributed by atoms with Gasteiger partial charge in [0.15, 0.2) is 0 Å². The van der Waals surface area contributed by atoms with Crippen LogP contribution < -0.4 is 5.32 Å². The van der Waals surface area contributed by atoms with Gasteiger partial charge >= 0.3 is 6.09 Å². The van der Waals surface area contributed by atoms with Gasteiger partial charge < -0.3 is 10.1 Å². The fraction of sp³-hybridized carbons (Fsp3) is 0.909. The Balaban J connectivity index is 2.29. The molecule has 0 heterocycles. The highest BCUT2D eigenvalue weighted by atomic mass is 16.5. The molecule has 82 valence electrons. The van der Waals surface area contributed by atoms with Crippen molar-refractivity contribution < 1.29 is 9.53 Å². The van der Waals surface area contributed by atoms with E-state index in [9.17, 15) is 4.79 Å². The Morgan fingerprint density at radius 2 is 2.07 bits per heavy atom. The van der Waals surface area contributed by atoms with Gasteiger partial charge in [-0.3, -0.25) is 0 Å². The summed E-state index contributed by atoms with van der Waals surface area (Å²) in [6.07, 6.45) is 3.11. The summed E-state index contributed by atoms with van der Waals surface area (Å²) < 4.78 is 4.86. The second-order valence-corrected chi connectivity index (χ2v) is 4.33. The molecule has 0 aliphatic heterocycles. The molecule has 14 heavy (non-hydrogen) atoms. The first kappa shape index (κ1) is 11.3. The number of hydrogen-bond donors (Lipinski definition) is 1. The number of rotatable bonds is 2. The van der Waals surface area contributed by atoms with Gasteiger partial charge in [0.2, 0.25) is 0 Å². The number of alkyl carbamates (subject to hydrolysis) is 1. The normalized spacial score (nSPS) is 32.4. The molecule has 1 aliphatic carbocycles. The van der Waals surface area contributed by atoms with Crippen molar-refractivity contribution in [1.29, 1.82) is 0 Å². The van der Waals surface area contributed by atoms with E-state index in [4.69, 9.17) is 4.74 Å². The Kier molecular flexibility index (Phi) is 4.23. The lowest BCUT2D eigenvalue weighted by Gasteiger charge is -2.32. The van der Waals surface area contributed by atoms with Gasteiger partial charge in [-0.2, -0.15) is 0 Å². The summed E-state index contributed by atoms with van der Waals surface area (Å²) in [6.45, 7) is 6.81. The van der Waals surface area contributed by atoms with Gasteiger partial charge in [0.1, 0.15) is 0 Å². The summed E-state index contributed by atoms with van der Waals surface area (Å²) in [5, 5.41) is 2.91. The van der Waals surface area contributed by atoms with Gasteiger partial charge in [-0.05, 0) is 38.0 Å². The van der Waals surface area contributed by atoms with Gasteiger partial charge in [0.25, 0.3) is 0 Å². The first-order valence-electron chi connectivity index (χ1n) is 5.56. The number of hydrogen-bond acceptors (Lipinski definition) is 2. The summed E-state index contributed by atoms with van der Waals surface area (Å²) in [6, 6.07) is 0.320. The quantitative estimate of drug-likeness (QED) is 0.742. The van der Waals surface area contributed by atoms with Crippen molar-refractivity contribution in [2.45, 2.75) is 46.1 Å². The molecule has 3 heteroatoms. The summed E-state index contributed by atoms with van der Waals surface area (Å²) in [4.78, 5) is 11.2. The Morgan fingerprint density at radius 1 is 1.36 bits per heavy atom. The van der Waals surface area contributed by atoms with Crippen LogP contribution in [0.25, 0.3) is 0 Å². The minimum atomic E-state index is -0.265. The lowest BCUT2D eigenvalue weighted by Crippen LogP contribution is -2.40. The van der Waals surface area contributed by atoms with E-state index in [0.717, 1.165) is 18.8 Å². The van der Waals surface area contributed by atoms with Gasteiger partial charge in [-0.1, -0.05) is 13.8 Å². The van der Waals surface area contributed by atoms with Crippen LogP contribution in [0.1, 0.15) is 40.0 Å². The number of carbonyl (C=O) groups excluding carboxylic acids is 1. The zero-order valence-corrected chi connectivity index (χ0v) is 9.38. The molecule has 0 radical (unpaired) electrons. The van der Waals surface area contributed by atoms with Crippen LogP contribution in [-0.4, -0.2) is 18.7 Å². The first-order chi connectivity index (χ1) is 6.63. The molecule has 3 unspecified atom stereocenters. The molecule has 1 amide bonds. The second kappa shape index (κ2) is 5.23. The monoisotopic (exact) mass is 199 g/mol. The van der Waals surface area contributed by atoms with E-state index in [1.165, 1.54) is 6.42 Å². The Morgan fingerprint density at radius 3 is 2.64 bits per heavy atom. The minimum absolute atomic E-state index is 0.265. The van der Waals surface area contributed by atoms with E-state index in [1.54, 1.807) is 0 Å². The van der Waals surface area contributed by atoms with Crippen LogP contribution in [0.5, 0.6) is 0 Å². The molecule has 0 spiro atoms. The molecule has 1 fully saturated rings. The van der Waals surface area contributed by atoms with Crippen LogP contribution in [-0.2, 0) is 4.74 Å². The SMILES string of the molecule is CCOC(=O)NC1CCC(C)C(C)C1. The van der Waals surface area contributed by atoms with Crippen molar-refractivity contribution in [3.63, 3.8) is 0 Å². The largest absolute Gasteiger partial charge is 0.450 e. The molecule has 3 nitrogen and oxygen atoms in total. The van der Waals surface area contributed by atoms with Crippen molar-refractivity contribution >= 4 is 6.09 Å². The molecule has 0 aromatic rings. The van der Waals surface area contributed by atoms with Crippen molar-refractivity contribution in [1.82, 2.24) is 5.32 Å². The molecule has 1 N–H and O–H groups in total. The van der Waals surface area contributed by atoms with E-state index in [0.29, 0.717) is 18.6 Å². The number of nitrogens with one attached hydrogen (secondary N) is 1. The maximum absolute atomic E-state index is 11.2. The molecule has 1 saturated carbocycles. The van der Waals surface area contributed by atoms with Crippen molar-refractivity contribution in [2.24, 2.45) is 11.8 Å². The average molecular weight is 199 g/mol. The van der Waals surface area contributed by atoms with Crippen molar-refractivity contribution in [2.75, 3.05) is 6.61 Å². The third-order valence-corrected chi connectivity index (χ3v) is 3.20. The first-order valence-corrected chi connectivity index (χ1v) is 5.56. The van der Waals surface area contributed by atoms with Crippen LogP contribution in [0.2, 0.25) is 0 Å². The summed E-state index contributed by atoms with van der Waals surface area (Å²) in [5.41, 5.74) is 0. The number of carbonyl (C=O) groups is 1. The molecule has 0 saturated heterocycles. The van der Waals surface area contributed by atoms with Crippen molar-refractivity contribution in [3.05, 3.63) is 0 Å². The van der Waals surface area contributed by atoms with Crippen LogP contribution >= 0.6 is 0 Å². The van der Waals surface area contributed by atoms with Gasteiger partial charge in [-0.25, -0.2) is 4.79 Å². The molecule has 0 aromatic heterocycles.